The standard InChI is InChI=1S/C22H28N2O2S/c1-19(2)21-10-12-22(13-11-21)27(25,26)24-17-15-23(16-18-24)14-6-9-20-7-4-3-5-8-20/h3-13,19H,14-18H2,1-2H3. The first kappa shape index (κ1) is 19.8. The van der Waals surface area contributed by atoms with Gasteiger partial charge in [0.25, 0.3) is 0 Å². The third-order valence-corrected chi connectivity index (χ3v) is 6.90. The predicted molar refractivity (Wildman–Crippen MR) is 111 cm³/mol. The SMILES string of the molecule is CC(C)c1ccc(S(=O)(=O)N2CCN(CC=Cc3ccccc3)CC2)cc1. The van der Waals surface area contributed by atoms with Crippen molar-refractivity contribution >= 4 is 16.1 Å². The van der Waals surface area contributed by atoms with Gasteiger partial charge in [0.05, 0.1) is 4.90 Å². The summed E-state index contributed by atoms with van der Waals surface area (Å²) in [5.41, 5.74) is 2.34. The van der Waals surface area contributed by atoms with E-state index in [1.165, 1.54) is 5.56 Å². The van der Waals surface area contributed by atoms with Crippen LogP contribution in [0.2, 0.25) is 0 Å². The third kappa shape index (κ3) is 5.06. The molecule has 0 radical (unpaired) electrons. The van der Waals surface area contributed by atoms with Gasteiger partial charge in [-0.2, -0.15) is 4.31 Å². The minimum absolute atomic E-state index is 0.393. The monoisotopic (exact) mass is 384 g/mol. The predicted octanol–water partition coefficient (Wildman–Crippen LogP) is 3.83. The lowest BCUT2D eigenvalue weighted by Crippen LogP contribution is -2.48. The Kier molecular flexibility index (Phi) is 6.47. The Labute approximate surface area is 163 Å². The van der Waals surface area contributed by atoms with E-state index in [9.17, 15) is 8.42 Å². The summed E-state index contributed by atoms with van der Waals surface area (Å²) in [4.78, 5) is 2.68. The summed E-state index contributed by atoms with van der Waals surface area (Å²) in [6.07, 6.45) is 4.25. The normalized spacial score (nSPS) is 17.0. The third-order valence-electron chi connectivity index (χ3n) is 4.99. The van der Waals surface area contributed by atoms with Crippen molar-refractivity contribution in [3.63, 3.8) is 0 Å². The van der Waals surface area contributed by atoms with Gasteiger partial charge in [-0.15, -0.1) is 0 Å². The van der Waals surface area contributed by atoms with Crippen LogP contribution in [0.5, 0.6) is 0 Å². The summed E-state index contributed by atoms with van der Waals surface area (Å²) < 4.78 is 27.3. The lowest BCUT2D eigenvalue weighted by atomic mass is 10.0. The van der Waals surface area contributed by atoms with Gasteiger partial charge in [-0.1, -0.05) is 68.5 Å². The van der Waals surface area contributed by atoms with E-state index in [2.05, 4.69) is 43.0 Å². The van der Waals surface area contributed by atoms with Crippen molar-refractivity contribution in [3.8, 4) is 0 Å². The number of piperazine rings is 1. The maximum absolute atomic E-state index is 12.9. The fourth-order valence-electron chi connectivity index (χ4n) is 3.23. The van der Waals surface area contributed by atoms with Gasteiger partial charge in [0.2, 0.25) is 10.0 Å². The molecule has 5 heteroatoms. The van der Waals surface area contributed by atoms with Crippen LogP contribution in [-0.4, -0.2) is 50.3 Å². The van der Waals surface area contributed by atoms with Crippen LogP contribution in [0.25, 0.3) is 6.08 Å². The van der Waals surface area contributed by atoms with Crippen molar-refractivity contribution < 1.29 is 8.42 Å². The van der Waals surface area contributed by atoms with E-state index in [1.807, 2.05) is 30.3 Å². The number of sulfonamides is 1. The van der Waals surface area contributed by atoms with Crippen molar-refractivity contribution in [3.05, 3.63) is 71.8 Å². The quantitative estimate of drug-likeness (QED) is 0.760. The van der Waals surface area contributed by atoms with Gasteiger partial charge in [-0.05, 0) is 29.2 Å². The van der Waals surface area contributed by atoms with Crippen LogP contribution in [0, 0.1) is 0 Å². The Morgan fingerprint density at radius 2 is 1.56 bits per heavy atom. The van der Waals surface area contributed by atoms with Gasteiger partial charge in [0.1, 0.15) is 0 Å². The summed E-state index contributed by atoms with van der Waals surface area (Å²) in [6.45, 7) is 7.63. The van der Waals surface area contributed by atoms with Crippen LogP contribution in [0.4, 0.5) is 0 Å². The highest BCUT2D eigenvalue weighted by Gasteiger charge is 2.28. The van der Waals surface area contributed by atoms with Gasteiger partial charge in [-0.3, -0.25) is 4.90 Å². The van der Waals surface area contributed by atoms with Crippen LogP contribution < -0.4 is 0 Å². The van der Waals surface area contributed by atoms with Gasteiger partial charge in [0, 0.05) is 32.7 Å². The fourth-order valence-corrected chi connectivity index (χ4v) is 4.65. The molecule has 0 atom stereocenters. The van der Waals surface area contributed by atoms with E-state index < -0.39 is 10.0 Å². The zero-order chi connectivity index (χ0) is 19.3. The van der Waals surface area contributed by atoms with E-state index in [0.717, 1.165) is 25.2 Å². The highest BCUT2D eigenvalue weighted by molar-refractivity contribution is 7.89. The summed E-state index contributed by atoms with van der Waals surface area (Å²) in [7, 11) is -3.40. The van der Waals surface area contributed by atoms with Crippen molar-refractivity contribution in [2.75, 3.05) is 32.7 Å². The molecular weight excluding hydrogens is 356 g/mol. The summed E-state index contributed by atoms with van der Waals surface area (Å²) >= 11 is 0. The molecule has 27 heavy (non-hydrogen) atoms. The topological polar surface area (TPSA) is 40.6 Å². The summed E-state index contributed by atoms with van der Waals surface area (Å²) in [6, 6.07) is 17.5. The first-order valence-electron chi connectivity index (χ1n) is 9.51. The number of hydrogen-bond acceptors (Lipinski definition) is 3. The molecule has 4 nitrogen and oxygen atoms in total. The molecule has 1 saturated heterocycles. The zero-order valence-electron chi connectivity index (χ0n) is 16.1. The molecule has 144 valence electrons. The first-order chi connectivity index (χ1) is 13.0. The lowest BCUT2D eigenvalue weighted by molar-refractivity contribution is 0.204. The van der Waals surface area contributed by atoms with E-state index in [4.69, 9.17) is 0 Å². The van der Waals surface area contributed by atoms with Crippen molar-refractivity contribution in [1.82, 2.24) is 9.21 Å². The molecule has 0 amide bonds. The maximum Gasteiger partial charge on any atom is 0.243 e. The number of hydrogen-bond donors (Lipinski definition) is 0. The Morgan fingerprint density at radius 3 is 2.15 bits per heavy atom. The minimum Gasteiger partial charge on any atom is -0.297 e. The van der Waals surface area contributed by atoms with Crippen LogP contribution in [0.15, 0.2) is 65.6 Å². The van der Waals surface area contributed by atoms with Gasteiger partial charge in [-0.25, -0.2) is 8.42 Å². The molecule has 1 heterocycles. The van der Waals surface area contributed by atoms with E-state index >= 15 is 0 Å². The van der Waals surface area contributed by atoms with Crippen molar-refractivity contribution in [2.45, 2.75) is 24.7 Å². The Balaban J connectivity index is 1.55. The van der Waals surface area contributed by atoms with Gasteiger partial charge < -0.3 is 0 Å². The average Bonchev–Trinajstić information content (AvgIpc) is 2.69. The molecule has 1 aliphatic rings. The molecule has 2 aromatic carbocycles. The fraction of sp³-hybridized carbons (Fsp3) is 0.364. The molecule has 0 saturated carbocycles. The molecule has 3 rings (SSSR count). The Bertz CT molecular complexity index is 851. The first-order valence-corrected chi connectivity index (χ1v) is 10.9. The molecule has 0 aliphatic carbocycles. The minimum atomic E-state index is -3.40. The number of benzene rings is 2. The second kappa shape index (κ2) is 8.83. The molecular formula is C22H28N2O2S. The molecule has 2 aromatic rings. The molecule has 1 aliphatic heterocycles. The van der Waals surface area contributed by atoms with Crippen molar-refractivity contribution in [1.29, 1.82) is 0 Å². The molecule has 0 unspecified atom stereocenters. The molecule has 1 fully saturated rings. The number of nitrogens with zero attached hydrogens (tertiary/aromatic N) is 2. The van der Waals surface area contributed by atoms with Gasteiger partial charge >= 0.3 is 0 Å². The summed E-state index contributed by atoms with van der Waals surface area (Å²) in [5, 5.41) is 0. The maximum atomic E-state index is 12.9. The smallest absolute Gasteiger partial charge is 0.243 e. The second-order valence-corrected chi connectivity index (χ2v) is 9.18. The molecule has 0 N–H and O–H groups in total. The molecule has 0 aromatic heterocycles. The highest BCUT2D eigenvalue weighted by Crippen LogP contribution is 2.21. The van der Waals surface area contributed by atoms with Crippen LogP contribution in [-0.2, 0) is 10.0 Å². The molecule has 0 spiro atoms. The van der Waals surface area contributed by atoms with E-state index in [1.54, 1.807) is 16.4 Å². The van der Waals surface area contributed by atoms with Crippen LogP contribution >= 0.6 is 0 Å². The van der Waals surface area contributed by atoms with E-state index in [-0.39, 0.29) is 0 Å². The van der Waals surface area contributed by atoms with Crippen LogP contribution in [0.3, 0.4) is 0 Å². The van der Waals surface area contributed by atoms with Gasteiger partial charge in [0.15, 0.2) is 0 Å². The second-order valence-electron chi connectivity index (χ2n) is 7.24. The van der Waals surface area contributed by atoms with E-state index in [0.29, 0.717) is 23.9 Å². The molecule has 0 bridgehead atoms. The Morgan fingerprint density at radius 1 is 0.926 bits per heavy atom. The number of rotatable bonds is 6. The average molecular weight is 385 g/mol. The highest BCUT2D eigenvalue weighted by atomic mass is 32.2. The lowest BCUT2D eigenvalue weighted by Gasteiger charge is -2.33. The van der Waals surface area contributed by atoms with Crippen LogP contribution in [0.1, 0.15) is 30.9 Å². The van der Waals surface area contributed by atoms with Crippen molar-refractivity contribution in [2.24, 2.45) is 0 Å². The summed E-state index contributed by atoms with van der Waals surface area (Å²) in [5.74, 6) is 0.397. The zero-order valence-corrected chi connectivity index (χ0v) is 16.9. The largest absolute Gasteiger partial charge is 0.297 e. The Hall–Kier alpha value is -1.95.